The Kier molecular flexibility index (Phi) is 6.03. The third kappa shape index (κ3) is 4.91. The molecule has 0 radical (unpaired) electrons. The molecule has 1 atom stereocenters. The van der Waals surface area contributed by atoms with Gasteiger partial charge in [-0.2, -0.15) is 0 Å². The molecular formula is C18H19ClN4O2S. The number of hydrogen-bond acceptors (Lipinski definition) is 4. The number of thiocarbonyl (C=S) groups is 1. The number of likely N-dealkylation sites (tertiary alicyclic amines) is 1. The van der Waals surface area contributed by atoms with Gasteiger partial charge in [-0.1, -0.05) is 41.9 Å². The van der Waals surface area contributed by atoms with E-state index < -0.39 is 4.92 Å². The van der Waals surface area contributed by atoms with Crippen LogP contribution in [-0.4, -0.2) is 34.1 Å². The molecule has 1 aliphatic heterocycles. The van der Waals surface area contributed by atoms with E-state index in [1.165, 1.54) is 23.8 Å². The van der Waals surface area contributed by atoms with E-state index >= 15 is 0 Å². The van der Waals surface area contributed by atoms with Crippen LogP contribution >= 0.6 is 23.8 Å². The van der Waals surface area contributed by atoms with Crippen molar-refractivity contribution in [3.05, 3.63) is 69.2 Å². The number of nitro groups is 1. The summed E-state index contributed by atoms with van der Waals surface area (Å²) >= 11 is 11.4. The lowest BCUT2D eigenvalue weighted by Gasteiger charge is -2.18. The standard InChI is InChI=1S/C18H19ClN4O2S/c19-16-7-6-15(23(24)25)10-17(16)21-18(26)20-14-8-9-22(12-14)11-13-4-2-1-3-5-13/h1-7,10,14H,8-9,11-12H2,(H2,20,21,26)/t14-/m0/s1. The number of anilines is 1. The number of benzene rings is 2. The van der Waals surface area contributed by atoms with E-state index in [4.69, 9.17) is 23.8 Å². The van der Waals surface area contributed by atoms with Crippen LogP contribution in [0.1, 0.15) is 12.0 Å². The van der Waals surface area contributed by atoms with Crippen molar-refractivity contribution in [1.29, 1.82) is 0 Å². The number of halogens is 1. The summed E-state index contributed by atoms with van der Waals surface area (Å²) in [6, 6.07) is 14.8. The van der Waals surface area contributed by atoms with Crippen molar-refractivity contribution < 1.29 is 4.92 Å². The first-order valence-corrected chi connectivity index (χ1v) is 9.07. The Balaban J connectivity index is 1.53. The van der Waals surface area contributed by atoms with E-state index in [1.807, 2.05) is 18.2 Å². The molecule has 3 rings (SSSR count). The summed E-state index contributed by atoms with van der Waals surface area (Å²) in [6.07, 6.45) is 0.983. The van der Waals surface area contributed by atoms with Gasteiger partial charge in [0.25, 0.3) is 5.69 Å². The van der Waals surface area contributed by atoms with Gasteiger partial charge >= 0.3 is 0 Å². The summed E-state index contributed by atoms with van der Waals surface area (Å²) < 4.78 is 0. The number of rotatable bonds is 5. The number of nitro benzene ring substituents is 1. The van der Waals surface area contributed by atoms with Crippen molar-refractivity contribution in [3.8, 4) is 0 Å². The number of hydrogen-bond donors (Lipinski definition) is 2. The van der Waals surface area contributed by atoms with Crippen molar-refractivity contribution in [2.24, 2.45) is 0 Å². The van der Waals surface area contributed by atoms with Crippen LogP contribution in [0.25, 0.3) is 0 Å². The Morgan fingerprint density at radius 1 is 1.31 bits per heavy atom. The van der Waals surface area contributed by atoms with Gasteiger partial charge in [0, 0.05) is 37.8 Å². The molecular weight excluding hydrogens is 372 g/mol. The lowest BCUT2D eigenvalue weighted by molar-refractivity contribution is -0.384. The molecule has 2 aromatic carbocycles. The van der Waals surface area contributed by atoms with Crippen LogP contribution in [0, 0.1) is 10.1 Å². The van der Waals surface area contributed by atoms with E-state index in [-0.39, 0.29) is 11.7 Å². The maximum atomic E-state index is 10.9. The van der Waals surface area contributed by atoms with Gasteiger partial charge in [0.1, 0.15) is 0 Å². The summed E-state index contributed by atoms with van der Waals surface area (Å²) in [5.74, 6) is 0. The maximum Gasteiger partial charge on any atom is 0.271 e. The van der Waals surface area contributed by atoms with Crippen LogP contribution in [0.15, 0.2) is 48.5 Å². The van der Waals surface area contributed by atoms with Gasteiger partial charge in [0.15, 0.2) is 5.11 Å². The summed E-state index contributed by atoms with van der Waals surface area (Å²) in [5, 5.41) is 17.9. The SMILES string of the molecule is O=[N+]([O-])c1ccc(Cl)c(NC(=S)N[C@H]2CCN(Cc3ccccc3)C2)c1. The molecule has 1 fully saturated rings. The Morgan fingerprint density at radius 2 is 2.08 bits per heavy atom. The van der Waals surface area contributed by atoms with Gasteiger partial charge in [-0.15, -0.1) is 0 Å². The van der Waals surface area contributed by atoms with Crippen molar-refractivity contribution >= 4 is 40.3 Å². The second-order valence-electron chi connectivity index (χ2n) is 6.23. The molecule has 0 amide bonds. The molecule has 1 heterocycles. The lowest BCUT2D eigenvalue weighted by atomic mass is 10.2. The molecule has 0 aromatic heterocycles. The minimum Gasteiger partial charge on any atom is -0.358 e. The fourth-order valence-electron chi connectivity index (χ4n) is 3.00. The smallest absolute Gasteiger partial charge is 0.271 e. The zero-order valence-corrected chi connectivity index (χ0v) is 15.6. The van der Waals surface area contributed by atoms with Crippen molar-refractivity contribution in [1.82, 2.24) is 10.2 Å². The molecule has 0 unspecified atom stereocenters. The van der Waals surface area contributed by atoms with Crippen LogP contribution in [0.3, 0.4) is 0 Å². The molecule has 2 aromatic rings. The third-order valence-electron chi connectivity index (χ3n) is 4.27. The van der Waals surface area contributed by atoms with Gasteiger partial charge < -0.3 is 10.6 Å². The van der Waals surface area contributed by atoms with E-state index in [2.05, 4.69) is 27.7 Å². The average molecular weight is 391 g/mol. The Labute approximate surface area is 162 Å². The predicted molar refractivity (Wildman–Crippen MR) is 108 cm³/mol. The molecule has 8 heteroatoms. The van der Waals surface area contributed by atoms with Gasteiger partial charge in [0.05, 0.1) is 15.6 Å². The highest BCUT2D eigenvalue weighted by atomic mass is 35.5. The summed E-state index contributed by atoms with van der Waals surface area (Å²) in [4.78, 5) is 12.8. The van der Waals surface area contributed by atoms with Crippen LogP contribution in [-0.2, 0) is 6.54 Å². The third-order valence-corrected chi connectivity index (χ3v) is 4.82. The molecule has 0 spiro atoms. The fourth-order valence-corrected chi connectivity index (χ4v) is 3.44. The highest BCUT2D eigenvalue weighted by Crippen LogP contribution is 2.26. The van der Waals surface area contributed by atoms with Crippen LogP contribution < -0.4 is 10.6 Å². The maximum absolute atomic E-state index is 10.9. The first kappa shape index (κ1) is 18.6. The summed E-state index contributed by atoms with van der Waals surface area (Å²) in [6.45, 7) is 2.79. The first-order valence-electron chi connectivity index (χ1n) is 8.29. The average Bonchev–Trinajstić information content (AvgIpc) is 3.04. The largest absolute Gasteiger partial charge is 0.358 e. The molecule has 0 aliphatic carbocycles. The first-order chi connectivity index (χ1) is 12.5. The van der Waals surface area contributed by atoms with Crippen molar-refractivity contribution in [3.63, 3.8) is 0 Å². The van der Waals surface area contributed by atoms with E-state index in [0.717, 1.165) is 26.1 Å². The van der Waals surface area contributed by atoms with E-state index in [0.29, 0.717) is 15.8 Å². The Bertz CT molecular complexity index is 803. The molecule has 2 N–H and O–H groups in total. The number of nitrogens with one attached hydrogen (secondary N) is 2. The van der Waals surface area contributed by atoms with Gasteiger partial charge in [-0.25, -0.2) is 0 Å². The second-order valence-corrected chi connectivity index (χ2v) is 7.04. The lowest BCUT2D eigenvalue weighted by Crippen LogP contribution is -2.39. The topological polar surface area (TPSA) is 70.4 Å². The Morgan fingerprint density at radius 3 is 2.81 bits per heavy atom. The monoisotopic (exact) mass is 390 g/mol. The molecule has 0 saturated carbocycles. The molecule has 136 valence electrons. The minimum absolute atomic E-state index is 0.0328. The summed E-state index contributed by atoms with van der Waals surface area (Å²) in [5.41, 5.74) is 1.68. The molecule has 1 saturated heterocycles. The normalized spacial score (nSPS) is 17.0. The quantitative estimate of drug-likeness (QED) is 0.459. The van der Waals surface area contributed by atoms with Crippen LogP contribution in [0.2, 0.25) is 5.02 Å². The molecule has 26 heavy (non-hydrogen) atoms. The minimum atomic E-state index is -0.462. The van der Waals surface area contributed by atoms with E-state index in [9.17, 15) is 10.1 Å². The number of non-ortho nitro benzene ring substituents is 1. The molecule has 0 bridgehead atoms. The predicted octanol–water partition coefficient (Wildman–Crippen LogP) is 3.81. The van der Waals surface area contributed by atoms with Crippen molar-refractivity contribution in [2.45, 2.75) is 19.0 Å². The second kappa shape index (κ2) is 8.44. The van der Waals surface area contributed by atoms with E-state index in [1.54, 1.807) is 0 Å². The molecule has 6 nitrogen and oxygen atoms in total. The number of nitrogens with zero attached hydrogens (tertiary/aromatic N) is 2. The van der Waals surface area contributed by atoms with Gasteiger partial charge in [-0.3, -0.25) is 15.0 Å². The fraction of sp³-hybridized carbons (Fsp3) is 0.278. The highest BCUT2D eigenvalue weighted by molar-refractivity contribution is 7.80. The Hall–Kier alpha value is -2.22. The van der Waals surface area contributed by atoms with Crippen LogP contribution in [0.4, 0.5) is 11.4 Å². The zero-order chi connectivity index (χ0) is 18.5. The zero-order valence-electron chi connectivity index (χ0n) is 14.0. The van der Waals surface area contributed by atoms with Crippen LogP contribution in [0.5, 0.6) is 0 Å². The summed E-state index contributed by atoms with van der Waals surface area (Å²) in [7, 11) is 0. The van der Waals surface area contributed by atoms with Gasteiger partial charge in [-0.05, 0) is 30.3 Å². The van der Waals surface area contributed by atoms with Crippen molar-refractivity contribution in [2.75, 3.05) is 18.4 Å². The molecule has 1 aliphatic rings. The van der Waals surface area contributed by atoms with Gasteiger partial charge in [0.2, 0.25) is 0 Å². The highest BCUT2D eigenvalue weighted by Gasteiger charge is 2.23.